The Labute approximate surface area is 148 Å². The van der Waals surface area contributed by atoms with E-state index in [2.05, 4.69) is 26.6 Å². The molecule has 0 aliphatic carbocycles. The van der Waals surface area contributed by atoms with Gasteiger partial charge in [-0.3, -0.25) is 0 Å². The van der Waals surface area contributed by atoms with Gasteiger partial charge in [0.1, 0.15) is 5.82 Å². The number of ether oxygens (including phenoxy) is 1. The molecule has 2 N–H and O–H groups in total. The second-order valence-corrected chi connectivity index (χ2v) is 7.05. The van der Waals surface area contributed by atoms with E-state index in [1.807, 2.05) is 13.8 Å². The number of hydrogen-bond acceptors (Lipinski definition) is 3. The maximum Gasteiger partial charge on any atom is 0.338 e. The summed E-state index contributed by atoms with van der Waals surface area (Å²) in [4.78, 5) is 12.5. The van der Waals surface area contributed by atoms with E-state index in [0.29, 0.717) is 33.0 Å². The summed E-state index contributed by atoms with van der Waals surface area (Å²) in [6, 6.07) is 3.88. The van der Waals surface area contributed by atoms with E-state index >= 15 is 0 Å². The Morgan fingerprint density at radius 1 is 1.48 bits per heavy atom. The van der Waals surface area contributed by atoms with Crippen LogP contribution in [0.5, 0.6) is 0 Å². The van der Waals surface area contributed by atoms with Crippen LogP contribution in [-0.4, -0.2) is 17.7 Å². The highest BCUT2D eigenvalue weighted by molar-refractivity contribution is 9.10. The lowest BCUT2D eigenvalue weighted by atomic mass is 9.95. The van der Waals surface area contributed by atoms with Crippen molar-refractivity contribution in [1.82, 2.24) is 10.6 Å². The van der Waals surface area contributed by atoms with Crippen LogP contribution in [-0.2, 0) is 9.53 Å². The van der Waals surface area contributed by atoms with Crippen LogP contribution < -0.4 is 10.6 Å². The van der Waals surface area contributed by atoms with Gasteiger partial charge in [-0.2, -0.15) is 0 Å². The Kier molecular flexibility index (Phi) is 5.75. The molecule has 1 aromatic carbocycles. The Morgan fingerprint density at radius 2 is 2.17 bits per heavy atom. The number of thiocarbonyl (C=S) groups is 1. The maximum atomic E-state index is 14.3. The van der Waals surface area contributed by atoms with Crippen molar-refractivity contribution in [2.75, 3.05) is 6.61 Å². The highest BCUT2D eigenvalue weighted by Gasteiger charge is 2.32. The topological polar surface area (TPSA) is 50.4 Å². The van der Waals surface area contributed by atoms with Crippen molar-refractivity contribution < 1.29 is 13.9 Å². The molecule has 1 aromatic rings. The van der Waals surface area contributed by atoms with Crippen molar-refractivity contribution in [3.05, 3.63) is 45.3 Å². The smallest absolute Gasteiger partial charge is 0.338 e. The van der Waals surface area contributed by atoms with Crippen molar-refractivity contribution in [3.8, 4) is 0 Å². The molecule has 0 saturated carbocycles. The van der Waals surface area contributed by atoms with E-state index in [4.69, 9.17) is 17.0 Å². The van der Waals surface area contributed by atoms with Crippen LogP contribution >= 0.6 is 28.1 Å². The fraction of sp³-hybridized carbons (Fsp3) is 0.375. The largest absolute Gasteiger partial charge is 0.462 e. The Hall–Kier alpha value is -1.47. The van der Waals surface area contributed by atoms with Crippen molar-refractivity contribution in [2.45, 2.75) is 26.8 Å². The molecule has 1 aliphatic heterocycles. The van der Waals surface area contributed by atoms with Gasteiger partial charge >= 0.3 is 5.97 Å². The summed E-state index contributed by atoms with van der Waals surface area (Å²) in [6.07, 6.45) is 0. The minimum absolute atomic E-state index is 0.214. The molecule has 2 rings (SSSR count). The molecule has 4 nitrogen and oxygen atoms in total. The Balaban J connectivity index is 2.42. The molecule has 124 valence electrons. The zero-order valence-corrected chi connectivity index (χ0v) is 15.5. The third-order valence-corrected chi connectivity index (χ3v) is 4.02. The van der Waals surface area contributed by atoms with Gasteiger partial charge in [0.25, 0.3) is 0 Å². The Morgan fingerprint density at radius 3 is 2.83 bits per heavy atom. The summed E-state index contributed by atoms with van der Waals surface area (Å²) in [5.41, 5.74) is 1.22. The minimum atomic E-state index is -0.694. The molecule has 0 radical (unpaired) electrons. The van der Waals surface area contributed by atoms with E-state index in [1.165, 1.54) is 6.07 Å². The SMILES string of the molecule is CC1=C(C(=O)OCC(C)C)C(c2cc(Br)ccc2F)NC(=S)N1. The van der Waals surface area contributed by atoms with E-state index in [0.717, 1.165) is 0 Å². The standard InChI is InChI=1S/C16H18BrFN2O2S/c1-8(2)7-22-15(21)13-9(3)19-16(23)20-14(13)11-6-10(17)4-5-12(11)18/h4-6,8,14H,7H2,1-3H3,(H2,19,20,23). The van der Waals surface area contributed by atoms with Gasteiger partial charge in [0.15, 0.2) is 5.11 Å². The molecule has 0 spiro atoms. The fourth-order valence-corrected chi connectivity index (χ4v) is 2.90. The summed E-state index contributed by atoms with van der Waals surface area (Å²) in [5, 5.41) is 6.19. The van der Waals surface area contributed by atoms with Crippen LogP contribution in [0.2, 0.25) is 0 Å². The van der Waals surface area contributed by atoms with Crippen molar-refractivity contribution in [1.29, 1.82) is 0 Å². The third kappa shape index (κ3) is 4.29. The monoisotopic (exact) mass is 400 g/mol. The molecule has 1 unspecified atom stereocenters. The van der Waals surface area contributed by atoms with Crippen LogP contribution in [0.1, 0.15) is 32.4 Å². The first-order valence-corrected chi connectivity index (χ1v) is 8.40. The average Bonchev–Trinajstić information content (AvgIpc) is 2.46. The van der Waals surface area contributed by atoms with Gasteiger partial charge in [0, 0.05) is 15.7 Å². The lowest BCUT2D eigenvalue weighted by molar-refractivity contribution is -0.140. The summed E-state index contributed by atoms with van der Waals surface area (Å²) in [5.74, 6) is -0.688. The second-order valence-electron chi connectivity index (χ2n) is 5.73. The predicted octanol–water partition coefficient (Wildman–Crippen LogP) is 3.58. The lowest BCUT2D eigenvalue weighted by Gasteiger charge is -2.30. The van der Waals surface area contributed by atoms with Gasteiger partial charge in [0.05, 0.1) is 18.2 Å². The molecular formula is C16H18BrFN2O2S. The number of rotatable bonds is 4. The van der Waals surface area contributed by atoms with Crippen LogP contribution in [0.25, 0.3) is 0 Å². The zero-order chi connectivity index (χ0) is 17.1. The molecule has 0 fully saturated rings. The Bertz CT molecular complexity index is 676. The number of esters is 1. The van der Waals surface area contributed by atoms with Gasteiger partial charge in [-0.25, -0.2) is 9.18 Å². The van der Waals surface area contributed by atoms with Crippen molar-refractivity contribution in [2.24, 2.45) is 5.92 Å². The third-order valence-electron chi connectivity index (χ3n) is 3.31. The first-order valence-electron chi connectivity index (χ1n) is 7.20. The molecule has 1 atom stereocenters. The highest BCUT2D eigenvalue weighted by Crippen LogP contribution is 2.31. The van der Waals surface area contributed by atoms with Crippen LogP contribution in [0.4, 0.5) is 4.39 Å². The fourth-order valence-electron chi connectivity index (χ4n) is 2.25. The van der Waals surface area contributed by atoms with Crippen LogP contribution in [0.15, 0.2) is 33.9 Å². The maximum absolute atomic E-state index is 14.3. The van der Waals surface area contributed by atoms with Gasteiger partial charge in [0.2, 0.25) is 0 Å². The number of carbonyl (C=O) groups is 1. The van der Waals surface area contributed by atoms with Gasteiger partial charge in [-0.15, -0.1) is 0 Å². The highest BCUT2D eigenvalue weighted by atomic mass is 79.9. The number of allylic oxidation sites excluding steroid dienone is 1. The van der Waals surface area contributed by atoms with Crippen molar-refractivity contribution >= 4 is 39.2 Å². The summed E-state index contributed by atoms with van der Waals surface area (Å²) in [7, 11) is 0. The van der Waals surface area contributed by atoms with E-state index in [1.54, 1.807) is 19.1 Å². The number of nitrogens with one attached hydrogen (secondary N) is 2. The van der Waals surface area contributed by atoms with Gasteiger partial charge < -0.3 is 15.4 Å². The molecule has 0 saturated heterocycles. The van der Waals surface area contributed by atoms with Gasteiger partial charge in [-0.1, -0.05) is 29.8 Å². The molecule has 0 aromatic heterocycles. The number of carbonyl (C=O) groups excluding carboxylic acids is 1. The molecule has 0 amide bonds. The number of halogens is 2. The van der Waals surface area contributed by atoms with Gasteiger partial charge in [-0.05, 0) is 43.3 Å². The minimum Gasteiger partial charge on any atom is -0.462 e. The number of benzene rings is 1. The van der Waals surface area contributed by atoms with Crippen molar-refractivity contribution in [3.63, 3.8) is 0 Å². The van der Waals surface area contributed by atoms with E-state index < -0.39 is 17.8 Å². The van der Waals surface area contributed by atoms with E-state index in [-0.39, 0.29) is 5.92 Å². The summed E-state index contributed by atoms with van der Waals surface area (Å²) >= 11 is 8.46. The van der Waals surface area contributed by atoms with E-state index in [9.17, 15) is 9.18 Å². The zero-order valence-electron chi connectivity index (χ0n) is 13.1. The molecular weight excluding hydrogens is 383 g/mol. The average molecular weight is 401 g/mol. The quantitative estimate of drug-likeness (QED) is 0.597. The first kappa shape index (κ1) is 17.9. The first-order chi connectivity index (χ1) is 10.8. The summed E-state index contributed by atoms with van der Waals surface area (Å²) in [6.45, 7) is 5.93. The molecule has 0 bridgehead atoms. The lowest BCUT2D eigenvalue weighted by Crippen LogP contribution is -2.45. The second kappa shape index (κ2) is 7.40. The summed E-state index contributed by atoms with van der Waals surface area (Å²) < 4.78 is 20.3. The molecule has 1 aliphatic rings. The molecule has 23 heavy (non-hydrogen) atoms. The van der Waals surface area contributed by atoms with Crippen LogP contribution in [0.3, 0.4) is 0 Å². The van der Waals surface area contributed by atoms with Crippen LogP contribution in [0, 0.1) is 11.7 Å². The predicted molar refractivity (Wildman–Crippen MR) is 94.2 cm³/mol. The molecule has 1 heterocycles. The normalized spacial score (nSPS) is 17.8. The number of hydrogen-bond donors (Lipinski definition) is 2. The molecule has 7 heteroatoms.